The molecule has 4 unspecified atom stereocenters. The van der Waals surface area contributed by atoms with Gasteiger partial charge in [0, 0.05) is 67.8 Å². The standard InChI is InChI=1S/C48H118N2O26Si13/c1-31-61-45(51)41-43(47(53)63-33-3)49-37-35-39-88(57-7,58-8)75-84(25,26)69-78(13,14)67-82(21,22)73-86(29,55-5)71-80(17,18)65-77(11,12)66-81(19,20)72-87(30,56-6)74-83(23,24)68-79(15,16)70-85(27,28)76-89(59-9,60-10)40-36-38-50-44(48(54)64-34-4)42-46(52)62-32-2/h43-44,49-50H,31-42H2,1-30H3. The highest BCUT2D eigenvalue weighted by Gasteiger charge is 2.56. The summed E-state index contributed by atoms with van der Waals surface area (Å²) in [7, 11) is -32.0. The fraction of sp³-hybridized carbons (Fsp3) is 0.917. The van der Waals surface area contributed by atoms with Crippen LogP contribution in [0, 0.1) is 0 Å². The van der Waals surface area contributed by atoms with E-state index in [0.29, 0.717) is 38.0 Å². The first kappa shape index (κ1) is 88.9. The van der Waals surface area contributed by atoms with Crippen molar-refractivity contribution in [1.82, 2.24) is 10.6 Å². The lowest BCUT2D eigenvalue weighted by Crippen LogP contribution is -2.64. The summed E-state index contributed by atoms with van der Waals surface area (Å²) < 4.78 is 138. The molecule has 2 N–H and O–H groups in total. The van der Waals surface area contributed by atoms with Crippen LogP contribution in [0.5, 0.6) is 0 Å². The Kier molecular flexibility index (Phi) is 38.1. The van der Waals surface area contributed by atoms with Gasteiger partial charge >= 0.3 is 136 Å². The van der Waals surface area contributed by atoms with Gasteiger partial charge in [0.05, 0.1) is 39.3 Å². The molecule has 0 bridgehead atoms. The molecule has 0 fully saturated rings. The van der Waals surface area contributed by atoms with Crippen LogP contribution in [0.2, 0.25) is 143 Å². The van der Waals surface area contributed by atoms with E-state index >= 15 is 0 Å². The first-order chi connectivity index (χ1) is 40.4. The van der Waals surface area contributed by atoms with Crippen LogP contribution in [0.25, 0.3) is 0 Å². The number of carbonyl (C=O) groups is 4. The van der Waals surface area contributed by atoms with Crippen molar-refractivity contribution < 1.29 is 114 Å². The molecular formula is C48H118N2O26Si13. The molecule has 0 spiro atoms. The molecule has 0 saturated carbocycles. The van der Waals surface area contributed by atoms with Gasteiger partial charge in [-0.3, -0.25) is 19.2 Å². The Balaban J connectivity index is 6.01. The molecule has 28 nitrogen and oxygen atoms in total. The minimum absolute atomic E-state index is 0.163. The van der Waals surface area contributed by atoms with Crippen LogP contribution in [-0.2, 0) is 114 Å². The highest BCUT2D eigenvalue weighted by Crippen LogP contribution is 2.34. The second kappa shape index (κ2) is 38.2. The molecule has 0 aromatic carbocycles. The second-order valence-electron chi connectivity index (χ2n) is 24.9. The Morgan fingerprint density at radius 2 is 0.517 bits per heavy atom. The zero-order chi connectivity index (χ0) is 69.4. The number of carbonyl (C=O) groups excluding carboxylic acids is 4. The summed E-state index contributed by atoms with van der Waals surface area (Å²) in [5.41, 5.74) is 0. The van der Waals surface area contributed by atoms with Crippen molar-refractivity contribution in [2.45, 2.75) is 208 Å². The quantitative estimate of drug-likeness (QED) is 0.0251. The molecule has 89 heavy (non-hydrogen) atoms. The van der Waals surface area contributed by atoms with E-state index in [1.807, 2.05) is 131 Å². The third-order valence-electron chi connectivity index (χ3n) is 12.1. The molecule has 0 aromatic rings. The Hall–Kier alpha value is -0.101. The first-order valence-corrected chi connectivity index (χ1v) is 63.9. The van der Waals surface area contributed by atoms with Gasteiger partial charge in [0.1, 0.15) is 12.1 Å². The topological polar surface area (TPSA) is 295 Å². The predicted octanol–water partition coefficient (Wildman–Crippen LogP) is 8.12. The zero-order valence-electron chi connectivity index (χ0n) is 59.8. The summed E-state index contributed by atoms with van der Waals surface area (Å²) in [6, 6.07) is -0.967. The molecular weight excluding hydrogens is 1390 g/mol. The average molecular weight is 1500 g/mol. The third kappa shape index (κ3) is 36.2. The number of hydrogen-bond acceptors (Lipinski definition) is 28. The molecule has 0 aliphatic carbocycles. The molecule has 0 heterocycles. The van der Waals surface area contributed by atoms with E-state index in [4.69, 9.17) is 94.9 Å². The maximum atomic E-state index is 12.6. The first-order valence-electron chi connectivity index (χ1n) is 30.3. The molecule has 0 amide bonds. The highest BCUT2D eigenvalue weighted by molar-refractivity contribution is 6.93. The van der Waals surface area contributed by atoms with Crippen molar-refractivity contribution in [3.63, 3.8) is 0 Å². The largest absolute Gasteiger partial charge is 0.491 e. The average Bonchev–Trinajstić information content (AvgIpc) is 3.37. The van der Waals surface area contributed by atoms with Gasteiger partial charge in [0.2, 0.25) is 0 Å². The Morgan fingerprint density at radius 1 is 0.303 bits per heavy atom. The number of ether oxygens (including phenoxy) is 4. The molecule has 0 rings (SSSR count). The lowest BCUT2D eigenvalue weighted by molar-refractivity contribution is -0.152. The summed E-state index contributed by atoms with van der Waals surface area (Å²) in [4.78, 5) is 49.7. The Bertz CT molecular complexity index is 1990. The van der Waals surface area contributed by atoms with Crippen molar-refractivity contribution >= 4 is 136 Å². The van der Waals surface area contributed by atoms with Crippen molar-refractivity contribution in [3.05, 3.63) is 0 Å². The highest BCUT2D eigenvalue weighted by atomic mass is 28.5. The van der Waals surface area contributed by atoms with Crippen LogP contribution in [0.1, 0.15) is 53.4 Å². The summed E-state index contributed by atoms with van der Waals surface area (Å²) in [5.74, 6) is -2.08. The fourth-order valence-corrected chi connectivity index (χ4v) is 70.7. The zero-order valence-corrected chi connectivity index (χ0v) is 72.8. The summed E-state index contributed by atoms with van der Waals surface area (Å²) in [5, 5.41) is 6.24. The van der Waals surface area contributed by atoms with Gasteiger partial charge in [0.25, 0.3) is 0 Å². The fourth-order valence-electron chi connectivity index (χ4n) is 10.2. The Labute approximate surface area is 548 Å². The van der Waals surface area contributed by atoms with E-state index in [1.165, 1.54) is 0 Å². The van der Waals surface area contributed by atoms with Crippen LogP contribution in [0.15, 0.2) is 0 Å². The molecule has 0 radical (unpaired) electrons. The summed E-state index contributed by atoms with van der Waals surface area (Å²) in [6.45, 7) is 46.6. The van der Waals surface area contributed by atoms with Crippen molar-refractivity contribution in [2.75, 3.05) is 82.2 Å². The van der Waals surface area contributed by atoms with Gasteiger partial charge < -0.3 is 106 Å². The maximum absolute atomic E-state index is 12.6. The number of hydrogen-bond donors (Lipinski definition) is 2. The normalized spacial score (nSPS) is 15.9. The van der Waals surface area contributed by atoms with Crippen LogP contribution >= 0.6 is 0 Å². The lowest BCUT2D eigenvalue weighted by atomic mass is 10.2. The summed E-state index contributed by atoms with van der Waals surface area (Å²) >= 11 is 0. The van der Waals surface area contributed by atoms with Crippen molar-refractivity contribution in [2.24, 2.45) is 0 Å². The minimum Gasteiger partial charge on any atom is -0.466 e. The molecule has 41 heteroatoms. The summed E-state index contributed by atoms with van der Waals surface area (Å²) in [6.07, 6.45) is 0.658. The van der Waals surface area contributed by atoms with Gasteiger partial charge in [-0.15, -0.1) is 0 Å². The van der Waals surface area contributed by atoms with Crippen LogP contribution in [0.3, 0.4) is 0 Å². The monoisotopic (exact) mass is 1500 g/mol. The second-order valence-corrected chi connectivity index (χ2v) is 69.5. The SMILES string of the molecule is CCOC(=O)CC(NCCC[Si](OC)(OC)O[Si](C)(C)O[Si](C)(C)O[Si](C)(C)O[Si](C)(OC)O[Si](C)(C)O[Si](C)(C)O[Si](C)(C)O[Si](C)(OC)O[Si](C)(C)O[Si](C)(C)O[Si](C)(C)O[Si](CCCNC(CC(=O)OCC)C(=O)OCC)(OC)OC)C(=O)OCC. The van der Waals surface area contributed by atoms with E-state index in [1.54, 1.807) is 70.4 Å². The lowest BCUT2D eigenvalue weighted by Gasteiger charge is -2.45. The third-order valence-corrected chi connectivity index (χ3v) is 61.8. The van der Waals surface area contributed by atoms with E-state index < -0.39 is 148 Å². The smallest absolute Gasteiger partial charge is 0.466 e. The number of esters is 4. The molecule has 4 atom stereocenters. The number of nitrogens with one attached hydrogen (secondary N) is 2. The molecule has 0 aromatic heterocycles. The molecule has 0 aliphatic heterocycles. The van der Waals surface area contributed by atoms with Crippen LogP contribution in [-0.4, -0.2) is 230 Å². The van der Waals surface area contributed by atoms with E-state index in [0.717, 1.165) is 0 Å². The molecule has 0 saturated heterocycles. The minimum atomic E-state index is -3.48. The van der Waals surface area contributed by atoms with Crippen LogP contribution in [0.4, 0.5) is 0 Å². The van der Waals surface area contributed by atoms with Crippen molar-refractivity contribution in [1.29, 1.82) is 0 Å². The molecule has 0 aliphatic rings. The van der Waals surface area contributed by atoms with Gasteiger partial charge in [-0.25, -0.2) is 0 Å². The van der Waals surface area contributed by atoms with Crippen LogP contribution < -0.4 is 10.6 Å². The van der Waals surface area contributed by atoms with Crippen molar-refractivity contribution in [3.8, 4) is 0 Å². The van der Waals surface area contributed by atoms with Gasteiger partial charge in [-0.2, -0.15) is 0 Å². The van der Waals surface area contributed by atoms with E-state index in [9.17, 15) is 19.2 Å². The number of rotatable bonds is 50. The molecule has 528 valence electrons. The van der Waals surface area contributed by atoms with Gasteiger partial charge in [-0.1, -0.05) is 0 Å². The maximum Gasteiger partial charge on any atom is 0.491 e. The van der Waals surface area contributed by atoms with E-state index in [-0.39, 0.29) is 39.3 Å². The van der Waals surface area contributed by atoms with E-state index in [2.05, 4.69) is 10.6 Å². The van der Waals surface area contributed by atoms with Gasteiger partial charge in [-0.05, 0) is 171 Å². The predicted molar refractivity (Wildman–Crippen MR) is 365 cm³/mol. The van der Waals surface area contributed by atoms with Gasteiger partial charge in [0.15, 0.2) is 0 Å². The Morgan fingerprint density at radius 3 is 0.719 bits per heavy atom.